The van der Waals surface area contributed by atoms with Gasteiger partial charge in [0.2, 0.25) is 0 Å². The zero-order chi connectivity index (χ0) is 45.7. The third-order valence-electron chi connectivity index (χ3n) is 9.82. The molecule has 5 heteroatoms. The number of rotatable bonds is 6. The Morgan fingerprint density at radius 3 is 2.12 bits per heavy atom. The van der Waals surface area contributed by atoms with Gasteiger partial charge in [-0.05, 0) is 94.9 Å². The molecule has 0 aliphatic carbocycles. The van der Waals surface area contributed by atoms with E-state index < -0.39 is 20.6 Å². The van der Waals surface area contributed by atoms with E-state index in [1.54, 1.807) is 24.3 Å². The average molecular weight is 917 g/mol. The molecule has 0 fully saturated rings. The Labute approximate surface area is 356 Å². The predicted octanol–water partition coefficient (Wildman–Crippen LogP) is 13.8. The maximum Gasteiger partial charge on any atom is 0.121 e. The molecule has 0 atom stereocenters. The summed E-state index contributed by atoms with van der Waals surface area (Å²) in [5.74, 6) is 0.868. The van der Waals surface area contributed by atoms with E-state index in [1.165, 1.54) is 24.4 Å². The number of aromatic nitrogens is 3. The third-order valence-corrected chi connectivity index (χ3v) is 9.82. The van der Waals surface area contributed by atoms with E-state index in [-0.39, 0.29) is 48.6 Å². The first-order valence-corrected chi connectivity index (χ1v) is 18.4. The molecule has 0 unspecified atom stereocenters. The molecule has 0 aliphatic heterocycles. The van der Waals surface area contributed by atoms with E-state index >= 15 is 0 Å². The number of para-hydroxylation sites is 2. The second-order valence-corrected chi connectivity index (χ2v) is 14.2. The third kappa shape index (κ3) is 7.37. The molecule has 9 rings (SSSR count). The molecule has 3 heterocycles. The first-order chi connectivity index (χ1) is 30.3. The van der Waals surface area contributed by atoms with Crippen molar-refractivity contribution in [3.05, 3.63) is 174 Å². The minimum atomic E-state index is -2.46. The Kier molecular flexibility index (Phi) is 8.34. The van der Waals surface area contributed by atoms with Crippen molar-refractivity contribution < 1.29 is 36.9 Å². The van der Waals surface area contributed by atoms with Crippen molar-refractivity contribution in [2.75, 3.05) is 0 Å². The zero-order valence-corrected chi connectivity index (χ0v) is 33.8. The SMILES string of the molecule is [2H]C([2H])([2H])c1ccc(-c2[c-]cccc2)nc1.[2H]C([2H])([2H])c1ccc2c(c1)oc1c(-c3nc4ccccc4n3-c3c(C(C)C)cc(-c4ccccc4)cc3C(C)C)[c-]cc(C([2H])([2H])[2H])c12.[Ir]. The Bertz CT molecular complexity index is 3090. The molecular formula is C51H45IrN3O-2. The molecule has 0 bridgehead atoms. The van der Waals surface area contributed by atoms with E-state index in [1.807, 2.05) is 60.7 Å². The molecule has 0 spiro atoms. The fraction of sp³-hybridized carbons (Fsp3) is 0.176. The van der Waals surface area contributed by atoms with Crippen LogP contribution in [0.4, 0.5) is 0 Å². The maximum atomic E-state index is 8.35. The minimum Gasteiger partial charge on any atom is -0.501 e. The van der Waals surface area contributed by atoms with Crippen molar-refractivity contribution in [1.82, 2.24) is 14.5 Å². The molecule has 56 heavy (non-hydrogen) atoms. The van der Waals surface area contributed by atoms with Gasteiger partial charge in [-0.25, -0.2) is 0 Å². The molecule has 6 aromatic carbocycles. The number of hydrogen-bond donors (Lipinski definition) is 0. The van der Waals surface area contributed by atoms with Crippen molar-refractivity contribution in [2.45, 2.75) is 60.1 Å². The van der Waals surface area contributed by atoms with Crippen LogP contribution in [0.15, 0.2) is 138 Å². The molecule has 281 valence electrons. The van der Waals surface area contributed by atoms with E-state index in [9.17, 15) is 0 Å². The van der Waals surface area contributed by atoms with E-state index in [2.05, 4.69) is 73.6 Å². The average Bonchev–Trinajstić information content (AvgIpc) is 3.84. The van der Waals surface area contributed by atoms with Crippen molar-refractivity contribution in [3.63, 3.8) is 0 Å². The van der Waals surface area contributed by atoms with Crippen molar-refractivity contribution in [2.24, 2.45) is 0 Å². The fourth-order valence-corrected chi connectivity index (χ4v) is 7.13. The number of nitrogens with zero attached hydrogens (tertiary/aromatic N) is 3. The van der Waals surface area contributed by atoms with Crippen LogP contribution < -0.4 is 0 Å². The van der Waals surface area contributed by atoms with E-state index in [4.69, 9.17) is 21.7 Å². The van der Waals surface area contributed by atoms with Crippen molar-refractivity contribution in [3.8, 4) is 39.5 Å². The largest absolute Gasteiger partial charge is 0.501 e. The summed E-state index contributed by atoms with van der Waals surface area (Å²) in [6.07, 6.45) is 1.39. The first-order valence-electron chi connectivity index (χ1n) is 22.9. The second-order valence-electron chi connectivity index (χ2n) is 14.2. The molecule has 1 radical (unpaired) electrons. The Hall–Kier alpha value is -5.61. The Morgan fingerprint density at radius 2 is 1.45 bits per heavy atom. The van der Waals surface area contributed by atoms with Crippen LogP contribution >= 0.6 is 0 Å². The molecule has 9 aromatic rings. The van der Waals surface area contributed by atoms with Crippen LogP contribution in [0, 0.1) is 32.7 Å². The standard InChI is InChI=1S/C39H35N2O.C12H10N.Ir/c1-23(2)31-21-28(27-12-8-7-9-13-27)22-32(24(3)4)37(31)41-34-15-11-10-14-33(34)40-39(41)30-19-17-26(6)36-29-18-16-25(5)20-35(29)42-38(30)36;1-10-7-8-12(13-9-10)11-5-3-2-4-6-11;/h7-18,20-24H,1-6H3;2-5,7-9H,1H3;/q2*-1;/i5D3,6D3;1D3;. The normalized spacial score (nSPS) is 14.4. The van der Waals surface area contributed by atoms with Gasteiger partial charge in [-0.1, -0.05) is 112 Å². The van der Waals surface area contributed by atoms with Crippen LogP contribution in [0.1, 0.15) is 79.7 Å². The summed E-state index contributed by atoms with van der Waals surface area (Å²) in [7, 11) is 0. The fourth-order valence-electron chi connectivity index (χ4n) is 7.13. The van der Waals surface area contributed by atoms with Crippen molar-refractivity contribution >= 4 is 33.0 Å². The number of fused-ring (bicyclic) bond motifs is 4. The predicted molar refractivity (Wildman–Crippen MR) is 229 cm³/mol. The van der Waals surface area contributed by atoms with Crippen LogP contribution in [-0.2, 0) is 20.1 Å². The van der Waals surface area contributed by atoms with Crippen LogP contribution in [0.2, 0.25) is 0 Å². The van der Waals surface area contributed by atoms with Crippen LogP contribution in [0.25, 0.3) is 72.4 Å². The summed E-state index contributed by atoms with van der Waals surface area (Å²) >= 11 is 0. The number of benzene rings is 6. The Morgan fingerprint density at radius 1 is 0.714 bits per heavy atom. The molecule has 0 amide bonds. The van der Waals surface area contributed by atoms with Gasteiger partial charge in [0.1, 0.15) is 5.58 Å². The van der Waals surface area contributed by atoms with Gasteiger partial charge in [-0.2, -0.15) is 0 Å². The van der Waals surface area contributed by atoms with Gasteiger partial charge in [0, 0.05) is 49.7 Å². The quantitative estimate of drug-likeness (QED) is 0.156. The number of hydrogen-bond acceptors (Lipinski definition) is 3. The number of aryl methyl sites for hydroxylation is 3. The van der Waals surface area contributed by atoms with Crippen LogP contribution in [-0.4, -0.2) is 14.5 Å². The smallest absolute Gasteiger partial charge is 0.121 e. The summed E-state index contributed by atoms with van der Waals surface area (Å²) in [5, 5.41) is 0.932. The number of pyridine rings is 1. The zero-order valence-electron chi connectivity index (χ0n) is 40.4. The minimum absolute atomic E-state index is 0. The van der Waals surface area contributed by atoms with Gasteiger partial charge in [0.05, 0.1) is 22.4 Å². The molecule has 0 N–H and O–H groups in total. The summed E-state index contributed by atoms with van der Waals surface area (Å²) < 4.78 is 79.2. The maximum absolute atomic E-state index is 8.35. The van der Waals surface area contributed by atoms with Gasteiger partial charge >= 0.3 is 0 Å². The topological polar surface area (TPSA) is 43.9 Å². The van der Waals surface area contributed by atoms with Crippen molar-refractivity contribution in [1.29, 1.82) is 0 Å². The number of imidazole rings is 1. The Balaban J connectivity index is 0.000000313. The van der Waals surface area contributed by atoms with Crippen LogP contribution in [0.5, 0.6) is 0 Å². The van der Waals surface area contributed by atoms with Gasteiger partial charge in [0.15, 0.2) is 0 Å². The van der Waals surface area contributed by atoms with Gasteiger partial charge in [-0.15, -0.1) is 53.6 Å². The molecule has 4 nitrogen and oxygen atoms in total. The second kappa shape index (κ2) is 16.2. The first kappa shape index (κ1) is 28.7. The van der Waals surface area contributed by atoms with E-state index in [0.717, 1.165) is 50.2 Å². The number of furan rings is 1. The summed E-state index contributed by atoms with van der Waals surface area (Å²) in [6.45, 7) is 1.85. The molecule has 0 aliphatic rings. The van der Waals surface area contributed by atoms with E-state index in [0.29, 0.717) is 33.3 Å². The van der Waals surface area contributed by atoms with Gasteiger partial charge in [-0.3, -0.25) is 4.98 Å². The molecule has 3 aromatic heterocycles. The monoisotopic (exact) mass is 917 g/mol. The molecule has 0 saturated heterocycles. The van der Waals surface area contributed by atoms with Gasteiger partial charge in [0.25, 0.3) is 0 Å². The molecular weight excluding hydrogens is 863 g/mol. The molecule has 0 saturated carbocycles. The van der Waals surface area contributed by atoms with Gasteiger partial charge < -0.3 is 14.0 Å². The summed E-state index contributed by atoms with van der Waals surface area (Å²) in [5.41, 5.74) is 10.4. The summed E-state index contributed by atoms with van der Waals surface area (Å²) in [6, 6.07) is 46.0. The summed E-state index contributed by atoms with van der Waals surface area (Å²) in [4.78, 5) is 9.27. The van der Waals surface area contributed by atoms with Crippen LogP contribution in [0.3, 0.4) is 0 Å².